The van der Waals surface area contributed by atoms with Crippen molar-refractivity contribution in [1.82, 2.24) is 0 Å². The maximum Gasteiger partial charge on any atom is 0.339 e. The Kier molecular flexibility index (Phi) is 10.5. The summed E-state index contributed by atoms with van der Waals surface area (Å²) in [6.07, 6.45) is 8.02. The third-order valence-electron chi connectivity index (χ3n) is 6.31. The number of benzene rings is 3. The van der Waals surface area contributed by atoms with E-state index in [2.05, 4.69) is 67.0 Å². The smallest absolute Gasteiger partial charge is 0.339 e. The molecule has 0 heterocycles. The summed E-state index contributed by atoms with van der Waals surface area (Å²) in [4.78, 5) is 13.7. The van der Waals surface area contributed by atoms with Gasteiger partial charge < -0.3 is 15.1 Å². The molecule has 2 N–H and O–H groups in total. The Morgan fingerprint density at radius 3 is 1.97 bits per heavy atom. The fourth-order valence-electron chi connectivity index (χ4n) is 4.11. The van der Waals surface area contributed by atoms with Gasteiger partial charge >= 0.3 is 5.97 Å². The van der Waals surface area contributed by atoms with E-state index < -0.39 is 5.97 Å². The summed E-state index contributed by atoms with van der Waals surface area (Å²) in [5, 5.41) is 19.3. The second kappa shape index (κ2) is 14.0. The minimum absolute atomic E-state index is 0.0740. The van der Waals surface area contributed by atoms with Crippen molar-refractivity contribution in [2.24, 2.45) is 0 Å². The highest BCUT2D eigenvalue weighted by molar-refractivity contribution is 5.92. The fraction of sp³-hybridized carbons (Fsp3) is 0.344. The quantitative estimate of drug-likeness (QED) is 0.208. The van der Waals surface area contributed by atoms with Crippen molar-refractivity contribution in [3.8, 4) is 17.6 Å². The van der Waals surface area contributed by atoms with Gasteiger partial charge in [0.05, 0.1) is 0 Å². The number of rotatable bonds is 12. The van der Waals surface area contributed by atoms with Crippen molar-refractivity contribution in [3.63, 3.8) is 0 Å². The Hall–Kier alpha value is -3.71. The number of nitrogens with zero attached hydrogens (tertiary/aromatic N) is 1. The molecule has 0 atom stereocenters. The maximum atomic E-state index is 11.5. The first-order valence-corrected chi connectivity index (χ1v) is 13.0. The van der Waals surface area contributed by atoms with Gasteiger partial charge in [-0.25, -0.2) is 4.79 Å². The van der Waals surface area contributed by atoms with Crippen molar-refractivity contribution < 1.29 is 15.0 Å². The zero-order valence-corrected chi connectivity index (χ0v) is 21.5. The highest BCUT2D eigenvalue weighted by Crippen LogP contribution is 2.26. The molecule has 3 aromatic rings. The van der Waals surface area contributed by atoms with E-state index in [4.69, 9.17) is 0 Å². The van der Waals surface area contributed by atoms with Crippen molar-refractivity contribution in [1.29, 1.82) is 0 Å². The van der Waals surface area contributed by atoms with E-state index in [1.807, 2.05) is 12.1 Å². The van der Waals surface area contributed by atoms with Gasteiger partial charge in [-0.2, -0.15) is 0 Å². The summed E-state index contributed by atoms with van der Waals surface area (Å²) in [7, 11) is 0. The lowest BCUT2D eigenvalue weighted by Gasteiger charge is -2.25. The van der Waals surface area contributed by atoms with Crippen LogP contribution in [0.4, 0.5) is 5.69 Å². The molecule has 0 spiro atoms. The molecule has 0 bridgehead atoms. The summed E-state index contributed by atoms with van der Waals surface area (Å²) in [5.74, 6) is 5.17. The third kappa shape index (κ3) is 8.20. The Bertz CT molecular complexity index is 1170. The van der Waals surface area contributed by atoms with Crippen LogP contribution < -0.4 is 4.90 Å². The van der Waals surface area contributed by atoms with Crippen LogP contribution in [0.1, 0.15) is 85.0 Å². The minimum atomic E-state index is -1.13. The van der Waals surface area contributed by atoms with Gasteiger partial charge in [-0.3, -0.25) is 0 Å². The molecule has 4 nitrogen and oxygen atoms in total. The van der Waals surface area contributed by atoms with Gasteiger partial charge in [0.1, 0.15) is 11.3 Å². The van der Waals surface area contributed by atoms with Crippen LogP contribution in [0.2, 0.25) is 0 Å². The number of carboxylic acids is 1. The number of anilines is 1. The van der Waals surface area contributed by atoms with Gasteiger partial charge in [0.2, 0.25) is 0 Å². The van der Waals surface area contributed by atoms with Gasteiger partial charge in [-0.05, 0) is 72.9 Å². The molecule has 4 heteroatoms. The van der Waals surface area contributed by atoms with Gasteiger partial charge in [0.15, 0.2) is 0 Å². The SMILES string of the molecule is CCCCCCN(Cc1ccc(C#Cc2ccc(CCCC)cc2)cc1)c1ccc(O)c(C(=O)O)c1. The highest BCUT2D eigenvalue weighted by atomic mass is 16.4. The zero-order chi connectivity index (χ0) is 25.8. The molecule has 3 aromatic carbocycles. The molecule has 0 aliphatic rings. The zero-order valence-electron chi connectivity index (χ0n) is 21.5. The van der Waals surface area contributed by atoms with Crippen LogP contribution in [0.3, 0.4) is 0 Å². The summed E-state index contributed by atoms with van der Waals surface area (Å²) >= 11 is 0. The number of aromatic carboxylic acids is 1. The molecule has 36 heavy (non-hydrogen) atoms. The summed E-state index contributed by atoms with van der Waals surface area (Å²) in [5.41, 5.74) is 5.18. The number of aryl methyl sites for hydroxylation is 1. The lowest BCUT2D eigenvalue weighted by atomic mass is 10.1. The van der Waals surface area contributed by atoms with E-state index in [9.17, 15) is 15.0 Å². The van der Waals surface area contributed by atoms with E-state index >= 15 is 0 Å². The van der Waals surface area contributed by atoms with Gasteiger partial charge in [0.25, 0.3) is 0 Å². The number of aromatic hydroxyl groups is 1. The number of hydrogen-bond donors (Lipinski definition) is 2. The average molecular weight is 484 g/mol. The molecule has 0 aromatic heterocycles. The first-order valence-electron chi connectivity index (χ1n) is 13.0. The minimum Gasteiger partial charge on any atom is -0.507 e. The fourth-order valence-corrected chi connectivity index (χ4v) is 4.11. The molecule has 0 saturated heterocycles. The van der Waals surface area contributed by atoms with E-state index in [0.29, 0.717) is 6.54 Å². The van der Waals surface area contributed by atoms with E-state index in [0.717, 1.165) is 54.6 Å². The average Bonchev–Trinajstić information content (AvgIpc) is 2.89. The Morgan fingerprint density at radius 1 is 0.778 bits per heavy atom. The van der Waals surface area contributed by atoms with Crippen LogP contribution in [0.25, 0.3) is 0 Å². The molecule has 0 aliphatic heterocycles. The molecule has 0 aliphatic carbocycles. The third-order valence-corrected chi connectivity index (χ3v) is 6.31. The normalized spacial score (nSPS) is 10.5. The predicted molar refractivity (Wildman–Crippen MR) is 148 cm³/mol. The van der Waals surface area contributed by atoms with Crippen LogP contribution in [0.5, 0.6) is 5.75 Å². The molecule has 3 rings (SSSR count). The molecule has 0 radical (unpaired) electrons. The van der Waals surface area contributed by atoms with E-state index in [1.54, 1.807) is 12.1 Å². The van der Waals surface area contributed by atoms with Gasteiger partial charge in [-0.1, -0.05) is 75.6 Å². The van der Waals surface area contributed by atoms with Crippen molar-refractivity contribution in [2.75, 3.05) is 11.4 Å². The molecule has 0 unspecified atom stereocenters. The van der Waals surface area contributed by atoms with Crippen molar-refractivity contribution in [2.45, 2.75) is 65.3 Å². The monoisotopic (exact) mass is 483 g/mol. The van der Waals surface area contributed by atoms with Crippen LogP contribution in [0.15, 0.2) is 66.7 Å². The number of hydrogen-bond acceptors (Lipinski definition) is 3. The van der Waals surface area contributed by atoms with E-state index in [1.165, 1.54) is 30.9 Å². The summed E-state index contributed by atoms with van der Waals surface area (Å²) in [6, 6.07) is 21.5. The lowest BCUT2D eigenvalue weighted by Crippen LogP contribution is -2.24. The summed E-state index contributed by atoms with van der Waals surface area (Å²) in [6.45, 7) is 5.87. The summed E-state index contributed by atoms with van der Waals surface area (Å²) < 4.78 is 0. The molecule has 0 fully saturated rings. The topological polar surface area (TPSA) is 60.8 Å². The molecule has 188 valence electrons. The highest BCUT2D eigenvalue weighted by Gasteiger charge is 2.14. The Labute approximate surface area is 215 Å². The Morgan fingerprint density at radius 2 is 1.39 bits per heavy atom. The van der Waals surface area contributed by atoms with Crippen LogP contribution in [-0.4, -0.2) is 22.7 Å². The number of unbranched alkanes of at least 4 members (excludes halogenated alkanes) is 4. The largest absolute Gasteiger partial charge is 0.507 e. The predicted octanol–water partition coefficient (Wildman–Crippen LogP) is 7.42. The van der Waals surface area contributed by atoms with E-state index in [-0.39, 0.29) is 11.3 Å². The second-order valence-corrected chi connectivity index (χ2v) is 9.24. The van der Waals surface area contributed by atoms with Crippen LogP contribution in [-0.2, 0) is 13.0 Å². The molecule has 0 saturated carbocycles. The maximum absolute atomic E-state index is 11.5. The van der Waals surface area contributed by atoms with Crippen LogP contribution in [0, 0.1) is 11.8 Å². The first kappa shape index (κ1) is 26.9. The van der Waals surface area contributed by atoms with Gasteiger partial charge in [0, 0.05) is 29.9 Å². The molecular formula is C32H37NO3. The Balaban J connectivity index is 1.71. The number of phenols is 1. The number of carboxylic acid groups (broad SMARTS) is 1. The standard InChI is InChI=1S/C32H37NO3/c1-3-5-7-8-22-33(29-20-21-31(34)30(23-29)32(35)36)24-28-18-16-27(17-19-28)15-14-26-12-10-25(11-13-26)9-6-4-2/h10-13,16-21,23,34H,3-9,22,24H2,1-2H3,(H,35,36). The molecular weight excluding hydrogens is 446 g/mol. The van der Waals surface area contributed by atoms with Crippen LogP contribution >= 0.6 is 0 Å². The second-order valence-electron chi connectivity index (χ2n) is 9.24. The van der Waals surface area contributed by atoms with Crippen molar-refractivity contribution >= 4 is 11.7 Å². The first-order chi connectivity index (χ1) is 17.5. The number of carbonyl (C=O) groups is 1. The lowest BCUT2D eigenvalue weighted by molar-refractivity contribution is 0.0693. The van der Waals surface area contributed by atoms with Crippen molar-refractivity contribution in [3.05, 3.63) is 94.5 Å². The molecule has 0 amide bonds. The van der Waals surface area contributed by atoms with Gasteiger partial charge in [-0.15, -0.1) is 0 Å².